The van der Waals surface area contributed by atoms with Crippen molar-refractivity contribution in [2.45, 2.75) is 19.7 Å². The second kappa shape index (κ2) is 15.0. The highest BCUT2D eigenvalue weighted by atomic mass is 19.4. The van der Waals surface area contributed by atoms with Crippen molar-refractivity contribution in [2.24, 2.45) is 7.05 Å². The van der Waals surface area contributed by atoms with Gasteiger partial charge in [0, 0.05) is 63.3 Å². The van der Waals surface area contributed by atoms with Gasteiger partial charge in [0.15, 0.2) is 23.1 Å². The minimum atomic E-state index is -4.97. The van der Waals surface area contributed by atoms with Crippen LogP contribution in [0.2, 0.25) is 0 Å². The van der Waals surface area contributed by atoms with Crippen LogP contribution in [0.25, 0.3) is 21.8 Å². The van der Waals surface area contributed by atoms with Gasteiger partial charge in [-0.25, -0.2) is 14.4 Å². The lowest BCUT2D eigenvalue weighted by Gasteiger charge is -2.32. The van der Waals surface area contributed by atoms with Crippen molar-refractivity contribution >= 4 is 33.4 Å². The zero-order chi connectivity index (χ0) is 37.2. The number of likely N-dealkylation sites (N-methyl/N-ethyl adjacent to an activating group) is 1. The minimum absolute atomic E-state index is 0.00539. The van der Waals surface area contributed by atoms with Gasteiger partial charge in [-0.1, -0.05) is 0 Å². The van der Waals surface area contributed by atoms with Crippen LogP contribution in [0.1, 0.15) is 22.5 Å². The number of rotatable bonds is 11. The van der Waals surface area contributed by atoms with E-state index in [9.17, 15) is 22.8 Å². The second-order valence-electron chi connectivity index (χ2n) is 12.3. The molecule has 6 rings (SSSR count). The summed E-state index contributed by atoms with van der Waals surface area (Å²) in [7, 11) is 5.18. The molecule has 5 aromatic rings. The van der Waals surface area contributed by atoms with Gasteiger partial charge in [0.25, 0.3) is 5.91 Å². The lowest BCUT2D eigenvalue weighted by atomic mass is 10.1. The number of carbonyl (C=O) groups excluding carboxylic acids is 1. The van der Waals surface area contributed by atoms with Gasteiger partial charge in [-0.3, -0.25) is 9.59 Å². The summed E-state index contributed by atoms with van der Waals surface area (Å²) in [5.41, 5.74) is -0.148. The Balaban J connectivity index is 1.17. The number of alkyl halides is 3. The summed E-state index contributed by atoms with van der Waals surface area (Å²) in [5, 5.41) is 2.76. The number of piperazine rings is 1. The molecule has 274 valence electrons. The Morgan fingerprint density at radius 1 is 0.942 bits per heavy atom. The molecule has 52 heavy (non-hydrogen) atoms. The number of methoxy groups -OCH3 is 1. The van der Waals surface area contributed by atoms with Crippen LogP contribution >= 0.6 is 0 Å². The molecule has 0 atom stereocenters. The normalized spacial score (nSPS) is 14.1. The number of benzene rings is 3. The highest BCUT2D eigenvalue weighted by Crippen LogP contribution is 2.37. The van der Waals surface area contributed by atoms with Gasteiger partial charge < -0.3 is 38.6 Å². The Kier molecular flexibility index (Phi) is 10.5. The van der Waals surface area contributed by atoms with Crippen molar-refractivity contribution in [3.8, 4) is 28.9 Å². The first-order chi connectivity index (χ1) is 24.8. The summed E-state index contributed by atoms with van der Waals surface area (Å²) in [4.78, 5) is 39.9. The number of pyridine rings is 1. The van der Waals surface area contributed by atoms with E-state index in [1.807, 2.05) is 0 Å². The predicted molar refractivity (Wildman–Crippen MR) is 185 cm³/mol. The van der Waals surface area contributed by atoms with E-state index in [-0.39, 0.29) is 39.5 Å². The number of carbonyl (C=O) groups is 1. The Hall–Kier alpha value is -5.48. The first-order valence-corrected chi connectivity index (χ1v) is 16.4. The molecule has 0 aliphatic carbocycles. The molecule has 1 aliphatic heterocycles. The fourth-order valence-corrected chi connectivity index (χ4v) is 6.00. The number of fused-ring (bicyclic) bond motifs is 2. The molecule has 1 fully saturated rings. The zero-order valence-electron chi connectivity index (χ0n) is 28.8. The quantitative estimate of drug-likeness (QED) is 0.130. The fourth-order valence-electron chi connectivity index (χ4n) is 6.00. The number of anilines is 1. The van der Waals surface area contributed by atoms with E-state index < -0.39 is 29.3 Å². The van der Waals surface area contributed by atoms with Gasteiger partial charge in [-0.05, 0) is 56.8 Å². The fraction of sp³-hybridized carbons (Fsp3) is 0.333. The molecule has 3 aromatic carbocycles. The Morgan fingerprint density at radius 2 is 1.71 bits per heavy atom. The Bertz CT molecular complexity index is 2190. The Morgan fingerprint density at radius 3 is 2.42 bits per heavy atom. The van der Waals surface area contributed by atoms with E-state index in [2.05, 4.69) is 36.9 Å². The van der Waals surface area contributed by atoms with Crippen molar-refractivity contribution < 1.29 is 41.3 Å². The molecule has 0 spiro atoms. The van der Waals surface area contributed by atoms with E-state index in [1.54, 1.807) is 19.2 Å². The third kappa shape index (κ3) is 8.02. The molecular weight excluding hydrogens is 688 g/mol. The molecule has 1 aliphatic rings. The number of aromatic nitrogens is 3. The first kappa shape index (κ1) is 36.3. The van der Waals surface area contributed by atoms with Gasteiger partial charge in [-0.2, -0.15) is 0 Å². The number of hydrogen-bond donors (Lipinski definition) is 1. The summed E-state index contributed by atoms with van der Waals surface area (Å²) in [5.74, 6) is -1.60. The number of nitrogens with zero attached hydrogens (tertiary/aromatic N) is 5. The van der Waals surface area contributed by atoms with E-state index in [4.69, 9.17) is 14.2 Å². The van der Waals surface area contributed by atoms with Gasteiger partial charge in [0.1, 0.15) is 17.6 Å². The van der Waals surface area contributed by atoms with Crippen LogP contribution in [0.3, 0.4) is 0 Å². The van der Waals surface area contributed by atoms with Crippen molar-refractivity contribution in [3.05, 3.63) is 82.2 Å². The van der Waals surface area contributed by atoms with Crippen molar-refractivity contribution in [1.29, 1.82) is 0 Å². The molecule has 0 radical (unpaired) electrons. The lowest BCUT2D eigenvalue weighted by molar-refractivity contribution is -0.274. The number of aryl methyl sites for hydroxylation is 1. The van der Waals surface area contributed by atoms with Crippen LogP contribution in [0, 0.1) is 12.7 Å². The van der Waals surface area contributed by atoms with Gasteiger partial charge in [0.2, 0.25) is 11.3 Å². The molecule has 0 bridgehead atoms. The van der Waals surface area contributed by atoms with Crippen LogP contribution in [-0.4, -0.2) is 90.1 Å². The van der Waals surface area contributed by atoms with Gasteiger partial charge in [0.05, 0.1) is 35.5 Å². The third-order valence-corrected chi connectivity index (χ3v) is 8.88. The molecule has 1 saturated heterocycles. The van der Waals surface area contributed by atoms with Crippen molar-refractivity contribution in [2.75, 3.05) is 58.8 Å². The highest BCUT2D eigenvalue weighted by Gasteiger charge is 2.31. The maximum atomic E-state index is 15.4. The number of hydrogen-bond acceptors (Lipinski definition) is 10. The van der Waals surface area contributed by atoms with E-state index in [0.717, 1.165) is 57.3 Å². The van der Waals surface area contributed by atoms with Gasteiger partial charge >= 0.3 is 6.36 Å². The van der Waals surface area contributed by atoms with Gasteiger partial charge in [-0.15, -0.1) is 13.2 Å². The van der Waals surface area contributed by atoms with E-state index in [1.165, 1.54) is 43.1 Å². The summed E-state index contributed by atoms with van der Waals surface area (Å²) in [6, 6.07) is 10.3. The number of nitrogens with one attached hydrogen (secondary N) is 1. The first-order valence-electron chi connectivity index (χ1n) is 16.4. The van der Waals surface area contributed by atoms with E-state index in [0.29, 0.717) is 29.0 Å². The van der Waals surface area contributed by atoms with Crippen LogP contribution < -0.4 is 29.7 Å². The minimum Gasteiger partial charge on any atom is -0.493 e. The predicted octanol–water partition coefficient (Wildman–Crippen LogP) is 5.90. The third-order valence-electron chi connectivity index (χ3n) is 8.88. The van der Waals surface area contributed by atoms with Crippen LogP contribution in [-0.2, 0) is 7.05 Å². The number of amides is 1. The average Bonchev–Trinajstić information content (AvgIpc) is 3.10. The average molecular weight is 725 g/mol. The maximum absolute atomic E-state index is 15.4. The largest absolute Gasteiger partial charge is 0.573 e. The lowest BCUT2D eigenvalue weighted by Crippen LogP contribution is -2.44. The zero-order valence-corrected chi connectivity index (χ0v) is 28.8. The Labute approximate surface area is 295 Å². The molecule has 1 amide bonds. The molecule has 2 aromatic heterocycles. The standard InChI is InChI=1S/C36H36F4N6O6/c1-21-32(33(47)25-17-23(52-36(38,39)40)7-8-28(25)45(21)3)34(48)43-22-6-9-29(26(37)16-22)51-35-24-18-30(49-4)31(19-27(24)41-20-42-35)50-15-5-10-46-13-11-44(2)12-14-46/h6-9,16-20H,5,10-15H2,1-4H3,(H,43,48). The smallest absolute Gasteiger partial charge is 0.493 e. The SMILES string of the molecule is COc1cc2c(Oc3ccc(NC(=O)c4c(C)n(C)c5ccc(OC(F)(F)F)cc5c4=O)cc3F)ncnc2cc1OCCCN1CCN(C)CC1. The highest BCUT2D eigenvalue weighted by molar-refractivity contribution is 6.07. The van der Waals surface area contributed by atoms with Crippen LogP contribution in [0.15, 0.2) is 59.7 Å². The molecule has 0 unspecified atom stereocenters. The summed E-state index contributed by atoms with van der Waals surface area (Å²) in [6.45, 7) is 7.04. The van der Waals surface area contributed by atoms with E-state index >= 15 is 4.39 Å². The molecule has 0 saturated carbocycles. The van der Waals surface area contributed by atoms with Crippen molar-refractivity contribution in [1.82, 2.24) is 24.3 Å². The number of halogens is 4. The molecular formula is C36H36F4N6O6. The maximum Gasteiger partial charge on any atom is 0.573 e. The molecule has 12 nitrogen and oxygen atoms in total. The molecule has 16 heteroatoms. The summed E-state index contributed by atoms with van der Waals surface area (Å²) < 4.78 is 76.7. The topological polar surface area (TPSA) is 120 Å². The number of ether oxygens (including phenoxy) is 4. The summed E-state index contributed by atoms with van der Waals surface area (Å²) in [6.07, 6.45) is -2.86. The second-order valence-corrected chi connectivity index (χ2v) is 12.3. The van der Waals surface area contributed by atoms with Crippen LogP contribution in [0.4, 0.5) is 23.2 Å². The summed E-state index contributed by atoms with van der Waals surface area (Å²) >= 11 is 0. The molecule has 1 N–H and O–H groups in total. The monoisotopic (exact) mass is 724 g/mol. The van der Waals surface area contributed by atoms with Crippen molar-refractivity contribution in [3.63, 3.8) is 0 Å². The van der Waals surface area contributed by atoms with Crippen LogP contribution in [0.5, 0.6) is 28.9 Å². The molecule has 3 heterocycles.